The summed E-state index contributed by atoms with van der Waals surface area (Å²) in [6.45, 7) is 9.77. The standard InChI is InChI=1S/C16H18O4/c1-5-18-11-12-19-20-15(17)13(2)16(3,4)14-9-7-6-8-10-14/h6-10H,2,5H2,1,3-4H3. The van der Waals surface area contributed by atoms with Gasteiger partial charge in [-0.25, -0.2) is 14.6 Å². The number of carbonyl (C=O) groups excluding carboxylic acids is 1. The smallest absolute Gasteiger partial charge is 0.383 e. The van der Waals surface area contributed by atoms with E-state index < -0.39 is 11.4 Å². The van der Waals surface area contributed by atoms with Gasteiger partial charge in [0.15, 0.2) is 6.11 Å². The third-order valence-electron chi connectivity index (χ3n) is 2.91. The van der Waals surface area contributed by atoms with Crippen LogP contribution in [0.1, 0.15) is 26.3 Å². The Morgan fingerprint density at radius 2 is 1.90 bits per heavy atom. The van der Waals surface area contributed by atoms with E-state index in [9.17, 15) is 4.79 Å². The van der Waals surface area contributed by atoms with Crippen LogP contribution in [0.25, 0.3) is 0 Å². The Morgan fingerprint density at radius 1 is 1.25 bits per heavy atom. The highest BCUT2D eigenvalue weighted by atomic mass is 17.2. The van der Waals surface area contributed by atoms with Crippen molar-refractivity contribution in [2.24, 2.45) is 0 Å². The van der Waals surface area contributed by atoms with E-state index in [1.54, 1.807) is 6.92 Å². The van der Waals surface area contributed by atoms with Crippen LogP contribution in [0.15, 0.2) is 42.5 Å². The van der Waals surface area contributed by atoms with Gasteiger partial charge < -0.3 is 4.74 Å². The zero-order chi connectivity index (χ0) is 15.0. The van der Waals surface area contributed by atoms with Gasteiger partial charge in [0.2, 0.25) is 6.11 Å². The van der Waals surface area contributed by atoms with Crippen LogP contribution in [-0.2, 0) is 24.7 Å². The monoisotopic (exact) mass is 274 g/mol. The summed E-state index contributed by atoms with van der Waals surface area (Å²) in [5, 5.41) is 0. The van der Waals surface area contributed by atoms with E-state index in [0.29, 0.717) is 6.61 Å². The van der Waals surface area contributed by atoms with E-state index in [-0.39, 0.29) is 5.57 Å². The van der Waals surface area contributed by atoms with Crippen LogP contribution in [0, 0.1) is 12.2 Å². The Bertz CT molecular complexity index is 520. The molecular formula is C16H18O4. The number of hydrogen-bond donors (Lipinski definition) is 0. The number of ether oxygens (including phenoxy) is 1. The first kappa shape index (κ1) is 15.6. The van der Waals surface area contributed by atoms with Gasteiger partial charge in [-0.05, 0) is 12.5 Å². The predicted octanol–water partition coefficient (Wildman–Crippen LogP) is 2.95. The number of carbonyl (C=O) groups is 1. The van der Waals surface area contributed by atoms with Crippen molar-refractivity contribution in [1.82, 2.24) is 0 Å². The van der Waals surface area contributed by atoms with Gasteiger partial charge in [0.05, 0.1) is 6.61 Å². The summed E-state index contributed by atoms with van der Waals surface area (Å²) in [5.74, 6) is -0.662. The van der Waals surface area contributed by atoms with Crippen molar-refractivity contribution in [2.75, 3.05) is 6.61 Å². The summed E-state index contributed by atoms with van der Waals surface area (Å²) in [4.78, 5) is 20.9. The Kier molecular flexibility index (Phi) is 5.67. The minimum atomic E-state index is -0.662. The molecular weight excluding hydrogens is 256 g/mol. The van der Waals surface area contributed by atoms with Crippen LogP contribution in [0.3, 0.4) is 0 Å². The first-order valence-electron chi connectivity index (χ1n) is 6.24. The molecule has 0 aliphatic carbocycles. The summed E-state index contributed by atoms with van der Waals surface area (Å²) in [5.41, 5.74) is 0.680. The molecule has 1 aromatic carbocycles. The van der Waals surface area contributed by atoms with Crippen molar-refractivity contribution >= 4 is 5.97 Å². The van der Waals surface area contributed by atoms with Crippen LogP contribution in [0.5, 0.6) is 0 Å². The van der Waals surface area contributed by atoms with Crippen LogP contribution in [-0.4, -0.2) is 12.6 Å². The van der Waals surface area contributed by atoms with Crippen molar-refractivity contribution in [1.29, 1.82) is 0 Å². The fourth-order valence-electron chi connectivity index (χ4n) is 1.51. The van der Waals surface area contributed by atoms with Gasteiger partial charge in [0.1, 0.15) is 0 Å². The summed E-state index contributed by atoms with van der Waals surface area (Å²) >= 11 is 0. The lowest BCUT2D eigenvalue weighted by atomic mass is 9.78. The molecule has 0 saturated carbocycles. The lowest BCUT2D eigenvalue weighted by Gasteiger charge is -2.25. The lowest BCUT2D eigenvalue weighted by Crippen LogP contribution is -2.26. The van der Waals surface area contributed by atoms with Gasteiger partial charge in [0, 0.05) is 11.0 Å². The molecule has 1 rings (SSSR count). The van der Waals surface area contributed by atoms with Crippen LogP contribution in [0.4, 0.5) is 0 Å². The van der Waals surface area contributed by atoms with Crippen LogP contribution < -0.4 is 0 Å². The molecule has 0 aliphatic heterocycles. The second kappa shape index (κ2) is 7.25. The molecule has 0 saturated heterocycles. The van der Waals surface area contributed by atoms with Crippen molar-refractivity contribution in [2.45, 2.75) is 26.2 Å². The quantitative estimate of drug-likeness (QED) is 0.358. The number of rotatable bonds is 5. The van der Waals surface area contributed by atoms with E-state index >= 15 is 0 Å². The molecule has 0 heterocycles. The number of hydrogen-bond acceptors (Lipinski definition) is 4. The second-order valence-corrected chi connectivity index (χ2v) is 4.56. The molecule has 0 unspecified atom stereocenters. The van der Waals surface area contributed by atoms with Gasteiger partial charge >= 0.3 is 5.97 Å². The molecule has 0 N–H and O–H groups in total. The SMILES string of the molecule is C=C(C(=O)OOC#COCC)C(C)(C)c1ccccc1. The first-order valence-corrected chi connectivity index (χ1v) is 6.24. The lowest BCUT2D eigenvalue weighted by molar-refractivity contribution is -0.226. The Hall–Kier alpha value is -2.41. The summed E-state index contributed by atoms with van der Waals surface area (Å²) < 4.78 is 4.71. The third-order valence-corrected chi connectivity index (χ3v) is 2.91. The van der Waals surface area contributed by atoms with Gasteiger partial charge in [-0.1, -0.05) is 50.8 Å². The fourth-order valence-corrected chi connectivity index (χ4v) is 1.51. The molecule has 4 nitrogen and oxygen atoms in total. The maximum Gasteiger partial charge on any atom is 0.383 e. The molecule has 0 radical (unpaired) electrons. The molecule has 0 spiro atoms. The molecule has 106 valence electrons. The van der Waals surface area contributed by atoms with E-state index in [1.165, 1.54) is 0 Å². The van der Waals surface area contributed by atoms with Gasteiger partial charge in [0.25, 0.3) is 0 Å². The molecule has 0 fully saturated rings. The Morgan fingerprint density at radius 3 is 2.50 bits per heavy atom. The van der Waals surface area contributed by atoms with Gasteiger partial charge in [-0.15, -0.1) is 0 Å². The van der Waals surface area contributed by atoms with Crippen molar-refractivity contribution in [3.05, 3.63) is 48.0 Å². The van der Waals surface area contributed by atoms with Gasteiger partial charge in [-0.3, -0.25) is 0 Å². The molecule has 0 amide bonds. The topological polar surface area (TPSA) is 44.8 Å². The Balaban J connectivity index is 2.65. The minimum Gasteiger partial charge on any atom is -0.444 e. The van der Waals surface area contributed by atoms with Crippen molar-refractivity contribution in [3.63, 3.8) is 0 Å². The molecule has 1 aromatic rings. The maximum absolute atomic E-state index is 11.8. The fraction of sp³-hybridized carbons (Fsp3) is 0.312. The normalized spacial score (nSPS) is 9.95. The molecule has 0 bridgehead atoms. The van der Waals surface area contributed by atoms with E-state index in [0.717, 1.165) is 5.56 Å². The third kappa shape index (κ3) is 4.06. The van der Waals surface area contributed by atoms with Gasteiger partial charge in [-0.2, -0.15) is 0 Å². The van der Waals surface area contributed by atoms with E-state index in [4.69, 9.17) is 4.74 Å². The molecule has 4 heteroatoms. The highest BCUT2D eigenvalue weighted by Crippen LogP contribution is 2.30. The highest BCUT2D eigenvalue weighted by molar-refractivity contribution is 5.90. The van der Waals surface area contributed by atoms with E-state index in [1.807, 2.05) is 44.2 Å². The maximum atomic E-state index is 11.8. The van der Waals surface area contributed by atoms with Crippen molar-refractivity contribution < 1.29 is 19.3 Å². The molecule has 0 aromatic heterocycles. The average Bonchev–Trinajstić information content (AvgIpc) is 2.47. The molecule has 0 aliphatic rings. The zero-order valence-corrected chi connectivity index (χ0v) is 11.9. The average molecular weight is 274 g/mol. The minimum absolute atomic E-state index is 0.280. The zero-order valence-electron chi connectivity index (χ0n) is 11.9. The highest BCUT2D eigenvalue weighted by Gasteiger charge is 2.30. The van der Waals surface area contributed by atoms with Crippen LogP contribution >= 0.6 is 0 Å². The van der Waals surface area contributed by atoms with Crippen molar-refractivity contribution in [3.8, 4) is 12.2 Å². The van der Waals surface area contributed by atoms with E-state index in [2.05, 4.69) is 28.6 Å². The summed E-state index contributed by atoms with van der Waals surface area (Å²) in [6.07, 6.45) is 4.33. The molecule has 0 atom stereocenters. The predicted molar refractivity (Wildman–Crippen MR) is 75.2 cm³/mol. The first-order chi connectivity index (χ1) is 9.50. The largest absolute Gasteiger partial charge is 0.444 e. The summed E-state index contributed by atoms with van der Waals surface area (Å²) in [6, 6.07) is 9.56. The van der Waals surface area contributed by atoms with Crippen LogP contribution in [0.2, 0.25) is 0 Å². The molecule has 20 heavy (non-hydrogen) atoms. The second-order valence-electron chi connectivity index (χ2n) is 4.56. The summed E-state index contributed by atoms with van der Waals surface area (Å²) in [7, 11) is 0. The number of benzene rings is 1. The Labute approximate surface area is 119 Å².